The maximum Gasteiger partial charge on any atom is 0.160 e. The van der Waals surface area contributed by atoms with Crippen LogP contribution in [0.25, 0.3) is 22.3 Å². The van der Waals surface area contributed by atoms with Crippen LogP contribution in [-0.2, 0) is 7.05 Å². The van der Waals surface area contributed by atoms with Gasteiger partial charge in [-0.3, -0.25) is 0 Å². The first-order valence-electron chi connectivity index (χ1n) is 6.67. The maximum atomic E-state index is 6.42. The average Bonchev–Trinajstić information content (AvgIpc) is 2.82. The standard InChI is InChI=1S/C15H14Cl2N4O2/c1-21-15-7(14(18)20-21)4-5-8(19-15)11-12(16)9(22-2)6-10(23-3)13(11)17/h4-6H,1-3H3,(H2,18,20). The number of ether oxygens (including phenoxy) is 2. The van der Waals surface area contributed by atoms with Gasteiger partial charge in [-0.1, -0.05) is 23.2 Å². The fourth-order valence-corrected chi connectivity index (χ4v) is 3.10. The van der Waals surface area contributed by atoms with Crippen molar-refractivity contribution >= 4 is 40.1 Å². The number of pyridine rings is 1. The van der Waals surface area contributed by atoms with Gasteiger partial charge in [0.1, 0.15) is 11.5 Å². The Kier molecular flexibility index (Phi) is 3.95. The third kappa shape index (κ3) is 2.44. The van der Waals surface area contributed by atoms with Gasteiger partial charge >= 0.3 is 0 Å². The number of hydrogen-bond acceptors (Lipinski definition) is 5. The van der Waals surface area contributed by atoms with Crippen molar-refractivity contribution in [1.29, 1.82) is 0 Å². The number of methoxy groups -OCH3 is 2. The van der Waals surface area contributed by atoms with E-state index in [4.69, 9.17) is 38.4 Å². The van der Waals surface area contributed by atoms with Gasteiger partial charge in [-0.2, -0.15) is 5.10 Å². The monoisotopic (exact) mass is 352 g/mol. The Bertz CT molecular complexity index is 880. The summed E-state index contributed by atoms with van der Waals surface area (Å²) in [5, 5.41) is 5.64. The van der Waals surface area contributed by atoms with Gasteiger partial charge in [-0.05, 0) is 12.1 Å². The summed E-state index contributed by atoms with van der Waals surface area (Å²) >= 11 is 12.8. The lowest BCUT2D eigenvalue weighted by Crippen LogP contribution is -1.96. The van der Waals surface area contributed by atoms with Crippen molar-refractivity contribution in [1.82, 2.24) is 14.8 Å². The van der Waals surface area contributed by atoms with Crippen LogP contribution in [0, 0.1) is 0 Å². The molecular weight excluding hydrogens is 339 g/mol. The van der Waals surface area contributed by atoms with Crippen molar-refractivity contribution in [2.24, 2.45) is 7.05 Å². The second-order valence-electron chi connectivity index (χ2n) is 4.86. The molecule has 0 aliphatic rings. The van der Waals surface area contributed by atoms with Crippen LogP contribution in [0.2, 0.25) is 10.0 Å². The lowest BCUT2D eigenvalue weighted by Gasteiger charge is -2.14. The van der Waals surface area contributed by atoms with Crippen molar-refractivity contribution in [2.45, 2.75) is 0 Å². The zero-order valence-corrected chi connectivity index (χ0v) is 14.2. The molecule has 0 saturated carbocycles. The molecule has 0 atom stereocenters. The predicted molar refractivity (Wildman–Crippen MR) is 91.5 cm³/mol. The van der Waals surface area contributed by atoms with Crippen LogP contribution in [0.4, 0.5) is 5.82 Å². The number of benzene rings is 1. The lowest BCUT2D eigenvalue weighted by molar-refractivity contribution is 0.395. The molecule has 2 heterocycles. The van der Waals surface area contributed by atoms with E-state index in [1.165, 1.54) is 14.2 Å². The van der Waals surface area contributed by atoms with E-state index in [-0.39, 0.29) is 0 Å². The molecule has 6 nitrogen and oxygen atoms in total. The van der Waals surface area contributed by atoms with E-state index in [9.17, 15) is 0 Å². The number of nitrogen functional groups attached to an aromatic ring is 1. The highest BCUT2D eigenvalue weighted by Gasteiger charge is 2.20. The van der Waals surface area contributed by atoms with Gasteiger partial charge in [0.2, 0.25) is 0 Å². The van der Waals surface area contributed by atoms with E-state index in [2.05, 4.69) is 10.1 Å². The number of aromatic nitrogens is 3. The molecule has 0 aliphatic carbocycles. The molecule has 1 aromatic carbocycles. The van der Waals surface area contributed by atoms with Crippen LogP contribution in [0.15, 0.2) is 18.2 Å². The van der Waals surface area contributed by atoms with E-state index in [0.717, 1.165) is 5.39 Å². The van der Waals surface area contributed by atoms with Crippen LogP contribution >= 0.6 is 23.2 Å². The Morgan fingerprint density at radius 1 is 1.09 bits per heavy atom. The number of aryl methyl sites for hydroxylation is 1. The van der Waals surface area contributed by atoms with Crippen molar-refractivity contribution in [3.05, 3.63) is 28.2 Å². The van der Waals surface area contributed by atoms with Crippen molar-refractivity contribution < 1.29 is 9.47 Å². The molecule has 0 unspecified atom stereocenters. The van der Waals surface area contributed by atoms with Gasteiger partial charge < -0.3 is 15.2 Å². The molecule has 23 heavy (non-hydrogen) atoms. The van der Waals surface area contributed by atoms with E-state index in [1.807, 2.05) is 6.07 Å². The van der Waals surface area contributed by atoms with Crippen molar-refractivity contribution in [2.75, 3.05) is 20.0 Å². The second kappa shape index (κ2) is 5.79. The SMILES string of the molecule is COc1cc(OC)c(Cl)c(-c2ccc3c(N)nn(C)c3n2)c1Cl. The Morgan fingerprint density at radius 2 is 1.70 bits per heavy atom. The summed E-state index contributed by atoms with van der Waals surface area (Å²) in [7, 11) is 4.82. The van der Waals surface area contributed by atoms with Gasteiger partial charge in [-0.25, -0.2) is 9.67 Å². The van der Waals surface area contributed by atoms with Gasteiger partial charge in [0.25, 0.3) is 0 Å². The molecule has 3 rings (SSSR count). The first-order chi connectivity index (χ1) is 11.0. The molecule has 120 valence electrons. The van der Waals surface area contributed by atoms with Crippen LogP contribution in [0.3, 0.4) is 0 Å². The molecule has 0 fully saturated rings. The number of halogens is 2. The summed E-state index contributed by atoms with van der Waals surface area (Å²) in [6, 6.07) is 5.25. The first kappa shape index (κ1) is 15.7. The first-order valence-corrected chi connectivity index (χ1v) is 7.43. The van der Waals surface area contributed by atoms with E-state index in [1.54, 1.807) is 23.9 Å². The highest BCUT2D eigenvalue weighted by molar-refractivity contribution is 6.41. The Balaban J connectivity index is 2.31. The lowest BCUT2D eigenvalue weighted by atomic mass is 10.1. The summed E-state index contributed by atoms with van der Waals surface area (Å²) in [4.78, 5) is 4.58. The third-order valence-corrected chi connectivity index (χ3v) is 4.30. The highest BCUT2D eigenvalue weighted by atomic mass is 35.5. The predicted octanol–water partition coefficient (Wildman–Crippen LogP) is 3.54. The summed E-state index contributed by atoms with van der Waals surface area (Å²) in [6.45, 7) is 0. The molecule has 0 bridgehead atoms. The fourth-order valence-electron chi connectivity index (χ4n) is 2.41. The van der Waals surface area contributed by atoms with Gasteiger partial charge in [0, 0.05) is 18.7 Å². The van der Waals surface area contributed by atoms with Gasteiger partial charge in [-0.15, -0.1) is 0 Å². The van der Waals surface area contributed by atoms with Crippen LogP contribution in [-0.4, -0.2) is 29.0 Å². The Morgan fingerprint density at radius 3 is 2.26 bits per heavy atom. The van der Waals surface area contributed by atoms with Crippen LogP contribution < -0.4 is 15.2 Å². The molecule has 0 saturated heterocycles. The Labute approximate surface area is 142 Å². The zero-order valence-electron chi connectivity index (χ0n) is 12.7. The molecule has 0 amide bonds. The number of nitrogens with zero attached hydrogens (tertiary/aromatic N) is 3. The fraction of sp³-hybridized carbons (Fsp3) is 0.200. The average molecular weight is 353 g/mol. The van der Waals surface area contributed by atoms with E-state index < -0.39 is 0 Å². The summed E-state index contributed by atoms with van der Waals surface area (Å²) in [6.07, 6.45) is 0. The topological polar surface area (TPSA) is 75.2 Å². The summed E-state index contributed by atoms with van der Waals surface area (Å²) < 4.78 is 12.2. The van der Waals surface area contributed by atoms with Crippen LogP contribution in [0.1, 0.15) is 0 Å². The van der Waals surface area contributed by atoms with Gasteiger partial charge in [0.15, 0.2) is 11.5 Å². The Hall–Kier alpha value is -2.18. The molecular formula is C15H14Cl2N4O2. The number of hydrogen-bond donors (Lipinski definition) is 1. The zero-order chi connectivity index (χ0) is 16.7. The molecule has 0 aliphatic heterocycles. The molecule has 2 aromatic heterocycles. The molecule has 0 spiro atoms. The largest absolute Gasteiger partial charge is 0.495 e. The minimum atomic E-state index is 0.361. The van der Waals surface area contributed by atoms with Gasteiger partial charge in [0.05, 0.1) is 35.3 Å². The normalized spacial score (nSPS) is 11.0. The molecule has 2 N–H and O–H groups in total. The van der Waals surface area contributed by atoms with Crippen molar-refractivity contribution in [3.8, 4) is 22.8 Å². The molecule has 3 aromatic rings. The van der Waals surface area contributed by atoms with Crippen molar-refractivity contribution in [3.63, 3.8) is 0 Å². The second-order valence-corrected chi connectivity index (χ2v) is 5.62. The minimum Gasteiger partial charge on any atom is -0.495 e. The van der Waals surface area contributed by atoms with Crippen LogP contribution in [0.5, 0.6) is 11.5 Å². The summed E-state index contributed by atoms with van der Waals surface area (Å²) in [5.74, 6) is 1.32. The minimum absolute atomic E-state index is 0.361. The maximum absolute atomic E-state index is 6.42. The number of fused-ring (bicyclic) bond motifs is 1. The number of nitrogens with two attached hydrogens (primary N) is 1. The number of anilines is 1. The number of rotatable bonds is 3. The quantitative estimate of drug-likeness (QED) is 0.780. The van der Waals surface area contributed by atoms with E-state index >= 15 is 0 Å². The molecule has 8 heteroatoms. The third-order valence-electron chi connectivity index (χ3n) is 3.55. The van der Waals surface area contributed by atoms with E-state index in [0.29, 0.717) is 44.3 Å². The molecule has 0 radical (unpaired) electrons. The summed E-state index contributed by atoms with van der Waals surface area (Å²) in [5.41, 5.74) is 7.60. The highest BCUT2D eigenvalue weighted by Crippen LogP contribution is 2.45. The smallest absolute Gasteiger partial charge is 0.160 e.